The standard InChI is InChI=1S/C20H14N2O2S/c23-18(22-24)10-9-15-12-21-20(25-15)19-16-7-3-1-5-13(16)11-14-6-2-4-8-17(14)19/h1-12,24H,(H,22,23)/b10-9+. The van der Waals surface area contributed by atoms with E-state index < -0.39 is 5.91 Å². The molecule has 4 aromatic rings. The van der Waals surface area contributed by atoms with Crippen LogP contribution in [0.2, 0.25) is 0 Å². The molecule has 0 saturated heterocycles. The fourth-order valence-electron chi connectivity index (χ4n) is 2.92. The Hall–Kier alpha value is -3.02. The highest BCUT2D eigenvalue weighted by molar-refractivity contribution is 7.16. The molecule has 0 atom stereocenters. The van der Waals surface area contributed by atoms with Crippen LogP contribution in [0.3, 0.4) is 0 Å². The van der Waals surface area contributed by atoms with Gasteiger partial charge in [-0.05, 0) is 33.7 Å². The van der Waals surface area contributed by atoms with Gasteiger partial charge in [-0.3, -0.25) is 10.0 Å². The van der Waals surface area contributed by atoms with E-state index in [1.807, 2.05) is 24.3 Å². The van der Waals surface area contributed by atoms with Gasteiger partial charge in [-0.1, -0.05) is 48.5 Å². The smallest absolute Gasteiger partial charge is 0.267 e. The lowest BCUT2D eigenvalue weighted by Gasteiger charge is -2.09. The average molecular weight is 346 g/mol. The van der Waals surface area contributed by atoms with E-state index in [4.69, 9.17) is 5.21 Å². The zero-order valence-electron chi connectivity index (χ0n) is 13.1. The Morgan fingerprint density at radius 3 is 2.32 bits per heavy atom. The van der Waals surface area contributed by atoms with Gasteiger partial charge in [0, 0.05) is 22.7 Å². The molecule has 122 valence electrons. The SMILES string of the molecule is O=C(/C=C/c1cnc(-c2c3ccccc3cc3ccccc23)s1)NO. The molecule has 1 aromatic heterocycles. The van der Waals surface area contributed by atoms with E-state index in [0.29, 0.717) is 0 Å². The summed E-state index contributed by atoms with van der Waals surface area (Å²) in [6.45, 7) is 0. The quantitative estimate of drug-likeness (QED) is 0.246. The maximum absolute atomic E-state index is 11.1. The van der Waals surface area contributed by atoms with Gasteiger partial charge in [0.1, 0.15) is 5.01 Å². The van der Waals surface area contributed by atoms with Crippen LogP contribution in [0.15, 0.2) is 66.9 Å². The number of hydrogen-bond acceptors (Lipinski definition) is 4. The van der Waals surface area contributed by atoms with Gasteiger partial charge in [0.25, 0.3) is 5.91 Å². The van der Waals surface area contributed by atoms with Crippen LogP contribution in [0.25, 0.3) is 38.2 Å². The Kier molecular flexibility index (Phi) is 4.01. The second kappa shape index (κ2) is 6.47. The third-order valence-electron chi connectivity index (χ3n) is 4.02. The second-order valence-electron chi connectivity index (χ2n) is 5.57. The van der Waals surface area contributed by atoms with Crippen LogP contribution in [0.4, 0.5) is 0 Å². The van der Waals surface area contributed by atoms with Gasteiger partial charge in [0.15, 0.2) is 0 Å². The van der Waals surface area contributed by atoms with Gasteiger partial charge in [-0.25, -0.2) is 10.5 Å². The van der Waals surface area contributed by atoms with Crippen molar-refractivity contribution in [2.24, 2.45) is 0 Å². The van der Waals surface area contributed by atoms with Gasteiger partial charge in [-0.15, -0.1) is 11.3 Å². The molecular weight excluding hydrogens is 332 g/mol. The minimum atomic E-state index is -0.564. The van der Waals surface area contributed by atoms with E-state index in [2.05, 4.69) is 35.3 Å². The number of amides is 1. The number of benzene rings is 3. The van der Waals surface area contributed by atoms with Crippen molar-refractivity contribution in [1.29, 1.82) is 0 Å². The molecule has 2 N–H and O–H groups in total. The number of aromatic nitrogens is 1. The zero-order chi connectivity index (χ0) is 17.2. The van der Waals surface area contributed by atoms with Crippen LogP contribution in [0, 0.1) is 0 Å². The van der Waals surface area contributed by atoms with E-state index in [9.17, 15) is 4.79 Å². The van der Waals surface area contributed by atoms with Crippen LogP contribution in [-0.2, 0) is 4.79 Å². The first kappa shape index (κ1) is 15.5. The fourth-order valence-corrected chi connectivity index (χ4v) is 3.81. The highest BCUT2D eigenvalue weighted by atomic mass is 32.1. The first-order chi connectivity index (χ1) is 12.3. The van der Waals surface area contributed by atoms with Crippen molar-refractivity contribution >= 4 is 44.9 Å². The molecule has 0 spiro atoms. The monoisotopic (exact) mass is 346 g/mol. The Balaban J connectivity index is 1.92. The molecule has 0 bridgehead atoms. The largest absolute Gasteiger partial charge is 0.288 e. The van der Waals surface area contributed by atoms with Crippen LogP contribution in [0.1, 0.15) is 4.88 Å². The summed E-state index contributed by atoms with van der Waals surface area (Å²) < 4.78 is 0. The van der Waals surface area contributed by atoms with Crippen LogP contribution >= 0.6 is 11.3 Å². The van der Waals surface area contributed by atoms with Crippen LogP contribution < -0.4 is 5.48 Å². The summed E-state index contributed by atoms with van der Waals surface area (Å²) >= 11 is 1.51. The summed E-state index contributed by atoms with van der Waals surface area (Å²) in [5, 5.41) is 14.1. The number of carbonyl (C=O) groups is 1. The maximum Gasteiger partial charge on any atom is 0.267 e. The summed E-state index contributed by atoms with van der Waals surface area (Å²) in [6.07, 6.45) is 4.65. The van der Waals surface area contributed by atoms with Crippen LogP contribution in [0.5, 0.6) is 0 Å². The molecule has 0 fully saturated rings. The van der Waals surface area contributed by atoms with Crippen molar-refractivity contribution in [3.8, 4) is 10.6 Å². The van der Waals surface area contributed by atoms with E-state index in [0.717, 1.165) is 26.2 Å². The van der Waals surface area contributed by atoms with Crippen molar-refractivity contribution in [2.45, 2.75) is 0 Å². The molecule has 0 unspecified atom stereocenters. The predicted octanol–water partition coefficient (Wildman–Crippen LogP) is 4.64. The van der Waals surface area contributed by atoms with Gasteiger partial charge in [0.05, 0.1) is 0 Å². The van der Waals surface area contributed by atoms with Gasteiger partial charge >= 0.3 is 0 Å². The number of rotatable bonds is 3. The molecule has 5 heteroatoms. The number of hydrogen-bond donors (Lipinski definition) is 2. The van der Waals surface area contributed by atoms with Crippen molar-refractivity contribution in [3.63, 3.8) is 0 Å². The van der Waals surface area contributed by atoms with Crippen LogP contribution in [-0.4, -0.2) is 16.1 Å². The third-order valence-corrected chi connectivity index (χ3v) is 5.00. The number of fused-ring (bicyclic) bond motifs is 2. The van der Waals surface area contributed by atoms with E-state index in [1.165, 1.54) is 28.2 Å². The number of hydroxylamine groups is 1. The fraction of sp³-hybridized carbons (Fsp3) is 0. The number of thiazole rings is 1. The highest BCUT2D eigenvalue weighted by Gasteiger charge is 2.12. The van der Waals surface area contributed by atoms with E-state index in [-0.39, 0.29) is 0 Å². The molecule has 4 rings (SSSR count). The Morgan fingerprint density at radius 2 is 1.68 bits per heavy atom. The summed E-state index contributed by atoms with van der Waals surface area (Å²) in [5.74, 6) is -0.564. The summed E-state index contributed by atoms with van der Waals surface area (Å²) in [7, 11) is 0. The van der Waals surface area contributed by atoms with Gasteiger partial charge in [0.2, 0.25) is 0 Å². The molecule has 0 aliphatic rings. The number of nitrogens with zero attached hydrogens (tertiary/aromatic N) is 1. The topological polar surface area (TPSA) is 62.2 Å². The minimum Gasteiger partial charge on any atom is -0.288 e. The van der Waals surface area contributed by atoms with E-state index >= 15 is 0 Å². The summed E-state index contributed by atoms with van der Waals surface area (Å²) in [5.41, 5.74) is 2.68. The average Bonchev–Trinajstić information content (AvgIpc) is 3.12. The van der Waals surface area contributed by atoms with Crippen molar-refractivity contribution < 1.29 is 10.0 Å². The highest BCUT2D eigenvalue weighted by Crippen LogP contribution is 2.38. The molecule has 1 amide bonds. The number of carbonyl (C=O) groups excluding carboxylic acids is 1. The Bertz CT molecular complexity index is 1060. The van der Waals surface area contributed by atoms with Gasteiger partial charge in [-0.2, -0.15) is 0 Å². The van der Waals surface area contributed by atoms with Crippen molar-refractivity contribution in [1.82, 2.24) is 10.5 Å². The number of nitrogens with one attached hydrogen (secondary N) is 1. The lowest BCUT2D eigenvalue weighted by molar-refractivity contribution is -0.124. The molecule has 0 aliphatic heterocycles. The normalized spacial score (nSPS) is 11.4. The molecule has 0 saturated carbocycles. The molecule has 3 aromatic carbocycles. The van der Waals surface area contributed by atoms with Gasteiger partial charge < -0.3 is 0 Å². The van der Waals surface area contributed by atoms with Crippen molar-refractivity contribution in [2.75, 3.05) is 0 Å². The third kappa shape index (κ3) is 2.91. The first-order valence-corrected chi connectivity index (χ1v) is 8.57. The predicted molar refractivity (Wildman–Crippen MR) is 102 cm³/mol. The zero-order valence-corrected chi connectivity index (χ0v) is 14.0. The summed E-state index contributed by atoms with van der Waals surface area (Å²) in [4.78, 5) is 16.6. The van der Waals surface area contributed by atoms with E-state index in [1.54, 1.807) is 17.8 Å². The molecule has 4 nitrogen and oxygen atoms in total. The Morgan fingerprint density at radius 1 is 1.04 bits per heavy atom. The summed E-state index contributed by atoms with van der Waals surface area (Å²) in [6, 6.07) is 18.7. The van der Waals surface area contributed by atoms with Crippen molar-refractivity contribution in [3.05, 3.63) is 71.7 Å². The molecular formula is C20H14N2O2S. The Labute approximate surface area is 148 Å². The first-order valence-electron chi connectivity index (χ1n) is 7.75. The molecule has 0 aliphatic carbocycles. The maximum atomic E-state index is 11.1. The lowest BCUT2D eigenvalue weighted by atomic mass is 9.97. The lowest BCUT2D eigenvalue weighted by Crippen LogP contribution is -2.14. The molecule has 25 heavy (non-hydrogen) atoms. The molecule has 1 heterocycles. The second-order valence-corrected chi connectivity index (χ2v) is 6.63. The molecule has 0 radical (unpaired) electrons. The minimum absolute atomic E-state index is 0.564.